The molecule has 7 nitrogen and oxygen atoms in total. The van der Waals surface area contributed by atoms with E-state index in [1.165, 1.54) is 19.2 Å². The highest BCUT2D eigenvalue weighted by molar-refractivity contribution is 5.93. The molecule has 1 aromatic carbocycles. The Kier molecular flexibility index (Phi) is 7.92. The van der Waals surface area contributed by atoms with E-state index < -0.39 is 17.8 Å². The Morgan fingerprint density at radius 1 is 1.26 bits per heavy atom. The van der Waals surface area contributed by atoms with Crippen molar-refractivity contribution in [2.45, 2.75) is 71.3 Å². The van der Waals surface area contributed by atoms with Crippen molar-refractivity contribution >= 4 is 28.4 Å². The maximum atomic E-state index is 15.1. The van der Waals surface area contributed by atoms with Gasteiger partial charge in [0.25, 0.3) is 6.43 Å². The molecule has 2 aromatic heterocycles. The number of aliphatic hydroxyl groups is 1. The Hall–Kier alpha value is -3.27. The summed E-state index contributed by atoms with van der Waals surface area (Å²) < 4.78 is 43.5. The van der Waals surface area contributed by atoms with Gasteiger partial charge in [-0.05, 0) is 73.9 Å². The van der Waals surface area contributed by atoms with E-state index in [0.717, 1.165) is 30.9 Å². The lowest BCUT2D eigenvalue weighted by Gasteiger charge is -2.28. The number of alkyl halides is 2. The first kappa shape index (κ1) is 27.8. The Morgan fingerprint density at radius 3 is 2.68 bits per heavy atom. The number of ketones is 1. The molecule has 4 rings (SSSR count). The van der Waals surface area contributed by atoms with E-state index in [0.29, 0.717) is 36.0 Å². The molecule has 3 aromatic rings. The Labute approximate surface area is 219 Å². The normalized spacial score (nSPS) is 19.5. The van der Waals surface area contributed by atoms with Crippen LogP contribution in [0.1, 0.15) is 63.6 Å². The minimum absolute atomic E-state index is 0.0736. The smallest absolute Gasteiger partial charge is 0.272 e. The highest BCUT2D eigenvalue weighted by Crippen LogP contribution is 2.37. The quantitative estimate of drug-likeness (QED) is 0.391. The topological polar surface area (TPSA) is 97.1 Å². The van der Waals surface area contributed by atoms with Crippen LogP contribution in [0.5, 0.6) is 0 Å². The number of carbonyl (C=O) groups is 2. The van der Waals surface area contributed by atoms with E-state index in [-0.39, 0.29) is 45.9 Å². The van der Waals surface area contributed by atoms with Crippen molar-refractivity contribution < 1.29 is 27.9 Å². The zero-order valence-corrected chi connectivity index (χ0v) is 22.0. The zero-order valence-electron chi connectivity index (χ0n) is 22.0. The van der Waals surface area contributed by atoms with Crippen LogP contribution in [0.25, 0.3) is 22.0 Å². The van der Waals surface area contributed by atoms with Crippen LogP contribution in [-0.4, -0.2) is 38.0 Å². The molecule has 1 saturated carbocycles. The molecule has 0 radical (unpaired) electrons. The predicted molar refractivity (Wildman–Crippen MR) is 138 cm³/mol. The SMILES string of the molecule is CCC(=O)C[C@@H]1CCC[C@H](C(=O)Nc2cc(-c3cc(F)c4nn(C)c(C(C)(O)C(F)F)c4c3)c(C)cn2)C1. The van der Waals surface area contributed by atoms with Crippen LogP contribution in [0.4, 0.5) is 19.0 Å². The number of pyridine rings is 1. The van der Waals surface area contributed by atoms with Crippen molar-refractivity contribution in [3.05, 3.63) is 41.5 Å². The van der Waals surface area contributed by atoms with Crippen molar-refractivity contribution in [3.8, 4) is 11.1 Å². The summed E-state index contributed by atoms with van der Waals surface area (Å²) in [7, 11) is 1.38. The number of nitrogens with one attached hydrogen (secondary N) is 1. The summed E-state index contributed by atoms with van der Waals surface area (Å²) in [5, 5.41) is 17.4. The molecule has 1 unspecified atom stereocenters. The van der Waals surface area contributed by atoms with Gasteiger partial charge < -0.3 is 10.4 Å². The van der Waals surface area contributed by atoms with Gasteiger partial charge in [-0.3, -0.25) is 14.3 Å². The van der Waals surface area contributed by atoms with Crippen LogP contribution in [0, 0.1) is 24.6 Å². The van der Waals surface area contributed by atoms with Crippen molar-refractivity contribution in [1.29, 1.82) is 0 Å². The molecule has 0 saturated heterocycles. The maximum Gasteiger partial charge on any atom is 0.272 e. The van der Waals surface area contributed by atoms with Gasteiger partial charge in [0.1, 0.15) is 17.1 Å². The van der Waals surface area contributed by atoms with E-state index in [9.17, 15) is 23.5 Å². The van der Waals surface area contributed by atoms with E-state index in [2.05, 4.69) is 15.4 Å². The number of fused-ring (bicyclic) bond motifs is 1. The van der Waals surface area contributed by atoms with E-state index in [1.807, 2.05) is 6.92 Å². The van der Waals surface area contributed by atoms with Gasteiger partial charge in [-0.15, -0.1) is 0 Å². The zero-order chi connectivity index (χ0) is 27.8. The number of carbonyl (C=O) groups excluding carboxylic acids is 2. The summed E-state index contributed by atoms with van der Waals surface area (Å²) in [6.07, 6.45) is 2.62. The van der Waals surface area contributed by atoms with Crippen LogP contribution < -0.4 is 5.32 Å². The predicted octanol–water partition coefficient (Wildman–Crippen LogP) is 5.67. The molecule has 10 heteroatoms. The summed E-state index contributed by atoms with van der Waals surface area (Å²) in [6.45, 7) is 4.58. The van der Waals surface area contributed by atoms with Gasteiger partial charge >= 0.3 is 0 Å². The van der Waals surface area contributed by atoms with Gasteiger partial charge in [0.15, 0.2) is 11.4 Å². The lowest BCUT2D eigenvalue weighted by Crippen LogP contribution is -2.33. The molecule has 1 aliphatic carbocycles. The number of benzene rings is 1. The molecule has 1 fully saturated rings. The summed E-state index contributed by atoms with van der Waals surface area (Å²) >= 11 is 0. The lowest BCUT2D eigenvalue weighted by atomic mass is 9.78. The molecule has 0 aliphatic heterocycles. The average molecular weight is 531 g/mol. The summed E-state index contributed by atoms with van der Waals surface area (Å²) in [5.41, 5.74) is -1.25. The Balaban J connectivity index is 1.64. The van der Waals surface area contributed by atoms with E-state index in [4.69, 9.17) is 0 Å². The minimum Gasteiger partial charge on any atom is -0.378 e. The van der Waals surface area contributed by atoms with Gasteiger partial charge in [0, 0.05) is 37.4 Å². The first-order valence-electron chi connectivity index (χ1n) is 12.9. The van der Waals surface area contributed by atoms with Crippen molar-refractivity contribution in [2.24, 2.45) is 18.9 Å². The number of hydrogen-bond donors (Lipinski definition) is 2. The largest absolute Gasteiger partial charge is 0.378 e. The Bertz CT molecular complexity index is 1370. The van der Waals surface area contributed by atoms with E-state index >= 15 is 4.39 Å². The first-order chi connectivity index (χ1) is 17.9. The number of amides is 1. The summed E-state index contributed by atoms with van der Waals surface area (Å²) in [5.74, 6) is -0.437. The molecular formula is C28H33F3N4O3. The number of anilines is 1. The van der Waals surface area contributed by atoms with Crippen LogP contribution in [0.15, 0.2) is 24.4 Å². The molecule has 1 amide bonds. The second kappa shape index (κ2) is 10.8. The van der Waals surface area contributed by atoms with Gasteiger partial charge in [0.2, 0.25) is 5.91 Å². The van der Waals surface area contributed by atoms with Crippen molar-refractivity contribution in [3.63, 3.8) is 0 Å². The fourth-order valence-electron chi connectivity index (χ4n) is 5.43. The van der Waals surface area contributed by atoms with Gasteiger partial charge in [-0.2, -0.15) is 5.10 Å². The number of halogens is 3. The third-order valence-electron chi connectivity index (χ3n) is 7.53. The molecular weight excluding hydrogens is 497 g/mol. The van der Waals surface area contributed by atoms with Crippen molar-refractivity contribution in [1.82, 2.24) is 14.8 Å². The summed E-state index contributed by atoms with van der Waals surface area (Å²) in [4.78, 5) is 29.2. The average Bonchev–Trinajstić information content (AvgIpc) is 3.22. The highest BCUT2D eigenvalue weighted by Gasteiger charge is 2.39. The molecule has 2 N–H and O–H groups in total. The second-order valence-electron chi connectivity index (χ2n) is 10.5. The molecule has 204 valence electrons. The maximum absolute atomic E-state index is 15.1. The number of aryl methyl sites for hydroxylation is 2. The van der Waals surface area contributed by atoms with Gasteiger partial charge in [0.05, 0.1) is 5.69 Å². The number of rotatable bonds is 8. The van der Waals surface area contributed by atoms with Gasteiger partial charge in [-0.1, -0.05) is 13.3 Å². The fourth-order valence-corrected chi connectivity index (χ4v) is 5.43. The molecule has 38 heavy (non-hydrogen) atoms. The minimum atomic E-state index is -3.11. The van der Waals surface area contributed by atoms with Gasteiger partial charge in [-0.25, -0.2) is 18.2 Å². The standard InChI is InChI=1S/C28H33F3N4O3/c1-5-19(36)10-16-7-6-8-17(9-16)26(37)33-23-13-20(15(2)14-32-23)18-11-21-24(22(29)12-18)34-35(4)25(21)28(3,38)27(30)31/h11-14,16-17,27,38H,5-10H2,1-4H3,(H,32,33,37)/t16-,17+,28?/m1/s1. The first-order valence-corrected chi connectivity index (χ1v) is 12.9. The summed E-state index contributed by atoms with van der Waals surface area (Å²) in [6, 6.07) is 4.39. The third kappa shape index (κ3) is 5.45. The van der Waals surface area contributed by atoms with E-state index in [1.54, 1.807) is 19.2 Å². The molecule has 3 atom stereocenters. The number of aromatic nitrogens is 3. The number of hydrogen-bond acceptors (Lipinski definition) is 5. The number of Topliss-reactive ketones (excluding diaryl/α,β-unsaturated/α-hetero) is 1. The van der Waals surface area contributed by atoms with Crippen LogP contribution >= 0.6 is 0 Å². The number of nitrogens with zero attached hydrogens (tertiary/aromatic N) is 3. The monoisotopic (exact) mass is 530 g/mol. The molecule has 0 spiro atoms. The second-order valence-corrected chi connectivity index (χ2v) is 10.5. The van der Waals surface area contributed by atoms with Crippen LogP contribution in [0.2, 0.25) is 0 Å². The van der Waals surface area contributed by atoms with Crippen LogP contribution in [0.3, 0.4) is 0 Å². The highest BCUT2D eigenvalue weighted by atomic mass is 19.3. The Morgan fingerprint density at radius 2 is 2.00 bits per heavy atom. The van der Waals surface area contributed by atoms with Crippen molar-refractivity contribution in [2.75, 3.05) is 5.32 Å². The molecule has 2 heterocycles. The molecule has 0 bridgehead atoms. The fraction of sp³-hybridized carbons (Fsp3) is 0.500. The molecule has 1 aliphatic rings. The van der Waals surface area contributed by atoms with Crippen LogP contribution in [-0.2, 0) is 22.2 Å². The third-order valence-corrected chi connectivity index (χ3v) is 7.53. The lowest BCUT2D eigenvalue weighted by molar-refractivity contribution is -0.123.